The zero-order valence-corrected chi connectivity index (χ0v) is 13.0. The Labute approximate surface area is 137 Å². The van der Waals surface area contributed by atoms with E-state index in [9.17, 15) is 14.0 Å². The summed E-state index contributed by atoms with van der Waals surface area (Å²) in [7, 11) is 1.57. The first kappa shape index (κ1) is 15.7. The first-order chi connectivity index (χ1) is 11.6. The van der Waals surface area contributed by atoms with Gasteiger partial charge in [0.25, 0.3) is 11.8 Å². The third kappa shape index (κ3) is 3.27. The number of carbonyl (C=O) groups is 2. The average molecular weight is 325 g/mol. The van der Waals surface area contributed by atoms with Gasteiger partial charge in [-0.1, -0.05) is 12.1 Å². The quantitative estimate of drug-likeness (QED) is 0.690. The Bertz CT molecular complexity index is 900. The Hall–Kier alpha value is -3.15. The van der Waals surface area contributed by atoms with Crippen molar-refractivity contribution in [3.8, 4) is 0 Å². The fourth-order valence-electron chi connectivity index (χ4n) is 2.42. The summed E-state index contributed by atoms with van der Waals surface area (Å²) in [6, 6.07) is 12.9. The molecule has 0 saturated carbocycles. The molecule has 0 aliphatic rings. The minimum atomic E-state index is -0.343. The van der Waals surface area contributed by atoms with Gasteiger partial charge in [0, 0.05) is 30.1 Å². The normalized spacial score (nSPS) is 10.6. The summed E-state index contributed by atoms with van der Waals surface area (Å²) >= 11 is 0. The van der Waals surface area contributed by atoms with Crippen LogP contribution in [-0.2, 0) is 6.54 Å². The molecule has 0 spiro atoms. The first-order valence-corrected chi connectivity index (χ1v) is 7.44. The number of benzene rings is 2. The summed E-state index contributed by atoms with van der Waals surface area (Å²) in [6.07, 6.45) is 0. The number of hydrogen-bond acceptors (Lipinski definition) is 2. The monoisotopic (exact) mass is 325 g/mol. The molecule has 3 aromatic rings. The van der Waals surface area contributed by atoms with Gasteiger partial charge in [0.05, 0.1) is 0 Å². The fraction of sp³-hybridized carbons (Fsp3) is 0.111. The van der Waals surface area contributed by atoms with Crippen molar-refractivity contribution < 1.29 is 14.0 Å². The molecule has 0 atom stereocenters. The van der Waals surface area contributed by atoms with Gasteiger partial charge >= 0.3 is 0 Å². The Morgan fingerprint density at radius 2 is 1.79 bits per heavy atom. The highest BCUT2D eigenvalue weighted by molar-refractivity contribution is 5.98. The van der Waals surface area contributed by atoms with Crippen molar-refractivity contribution in [3.05, 3.63) is 71.2 Å². The van der Waals surface area contributed by atoms with Gasteiger partial charge in [-0.15, -0.1) is 0 Å². The predicted molar refractivity (Wildman–Crippen MR) is 89.3 cm³/mol. The Morgan fingerprint density at radius 1 is 1.04 bits per heavy atom. The Kier molecular flexibility index (Phi) is 4.29. The van der Waals surface area contributed by atoms with Crippen molar-refractivity contribution in [2.75, 3.05) is 7.05 Å². The highest BCUT2D eigenvalue weighted by atomic mass is 19.1. The molecule has 0 radical (unpaired) electrons. The third-order valence-electron chi connectivity index (χ3n) is 3.72. The van der Waals surface area contributed by atoms with Gasteiger partial charge in [0.2, 0.25) is 0 Å². The zero-order chi connectivity index (χ0) is 17.1. The van der Waals surface area contributed by atoms with Gasteiger partial charge in [-0.05, 0) is 42.0 Å². The van der Waals surface area contributed by atoms with Crippen LogP contribution in [-0.4, -0.2) is 23.8 Å². The zero-order valence-electron chi connectivity index (χ0n) is 13.0. The fourth-order valence-corrected chi connectivity index (χ4v) is 2.42. The number of aromatic nitrogens is 1. The molecule has 2 aromatic carbocycles. The molecule has 24 heavy (non-hydrogen) atoms. The number of fused-ring (bicyclic) bond motifs is 1. The van der Waals surface area contributed by atoms with E-state index < -0.39 is 0 Å². The van der Waals surface area contributed by atoms with E-state index in [4.69, 9.17) is 0 Å². The number of carbonyl (C=O) groups excluding carboxylic acids is 2. The third-order valence-corrected chi connectivity index (χ3v) is 3.72. The lowest BCUT2D eigenvalue weighted by atomic mass is 10.1. The lowest BCUT2D eigenvalue weighted by molar-refractivity contribution is 0.0942. The van der Waals surface area contributed by atoms with Crippen LogP contribution in [0.3, 0.4) is 0 Å². The SMILES string of the molecule is CNC(=O)c1ccc(CNC(=O)c2cc3cc(F)ccc3[nH]2)cc1. The number of aromatic amines is 1. The maximum Gasteiger partial charge on any atom is 0.267 e. The highest BCUT2D eigenvalue weighted by Crippen LogP contribution is 2.16. The number of halogens is 1. The number of H-pyrrole nitrogens is 1. The van der Waals surface area contributed by atoms with Crippen LogP contribution < -0.4 is 10.6 Å². The molecule has 122 valence electrons. The van der Waals surface area contributed by atoms with Crippen molar-refractivity contribution in [3.63, 3.8) is 0 Å². The van der Waals surface area contributed by atoms with E-state index in [0.717, 1.165) is 5.56 Å². The topological polar surface area (TPSA) is 74.0 Å². The smallest absolute Gasteiger partial charge is 0.267 e. The second kappa shape index (κ2) is 6.54. The van der Waals surface area contributed by atoms with E-state index in [-0.39, 0.29) is 17.6 Å². The van der Waals surface area contributed by atoms with E-state index in [0.29, 0.717) is 28.7 Å². The number of amides is 2. The van der Waals surface area contributed by atoms with Crippen molar-refractivity contribution in [1.29, 1.82) is 0 Å². The summed E-state index contributed by atoms with van der Waals surface area (Å²) in [4.78, 5) is 26.6. The summed E-state index contributed by atoms with van der Waals surface area (Å²) in [5, 5.41) is 5.99. The molecule has 0 aliphatic carbocycles. The van der Waals surface area contributed by atoms with E-state index in [1.165, 1.54) is 12.1 Å². The minimum absolute atomic E-state index is 0.157. The molecule has 3 N–H and O–H groups in total. The van der Waals surface area contributed by atoms with E-state index >= 15 is 0 Å². The molecular formula is C18H16FN3O2. The van der Waals surface area contributed by atoms with Crippen LogP contribution >= 0.6 is 0 Å². The number of nitrogens with one attached hydrogen (secondary N) is 3. The molecule has 1 aromatic heterocycles. The van der Waals surface area contributed by atoms with Gasteiger partial charge in [-0.3, -0.25) is 9.59 Å². The summed E-state index contributed by atoms with van der Waals surface area (Å²) < 4.78 is 13.2. The molecule has 1 heterocycles. The molecule has 0 fully saturated rings. The molecule has 0 aliphatic heterocycles. The van der Waals surface area contributed by atoms with E-state index in [1.54, 1.807) is 43.4 Å². The summed E-state index contributed by atoms with van der Waals surface area (Å²) in [5.41, 5.74) is 2.51. The van der Waals surface area contributed by atoms with Crippen LogP contribution in [0.4, 0.5) is 4.39 Å². The summed E-state index contributed by atoms with van der Waals surface area (Å²) in [5.74, 6) is -0.775. The Morgan fingerprint density at radius 3 is 2.50 bits per heavy atom. The van der Waals surface area contributed by atoms with Gasteiger partial charge in [-0.25, -0.2) is 4.39 Å². The van der Waals surface area contributed by atoms with Gasteiger partial charge in [-0.2, -0.15) is 0 Å². The lowest BCUT2D eigenvalue weighted by Crippen LogP contribution is -2.23. The predicted octanol–water partition coefficient (Wildman–Crippen LogP) is 2.60. The van der Waals surface area contributed by atoms with Crippen LogP contribution in [0.25, 0.3) is 10.9 Å². The number of hydrogen-bond donors (Lipinski definition) is 3. The van der Waals surface area contributed by atoms with E-state index in [2.05, 4.69) is 15.6 Å². The van der Waals surface area contributed by atoms with Crippen LogP contribution in [0.5, 0.6) is 0 Å². The molecule has 2 amide bonds. The minimum Gasteiger partial charge on any atom is -0.355 e. The second-order valence-corrected chi connectivity index (χ2v) is 5.37. The van der Waals surface area contributed by atoms with Crippen molar-refractivity contribution in [2.45, 2.75) is 6.54 Å². The largest absolute Gasteiger partial charge is 0.355 e. The second-order valence-electron chi connectivity index (χ2n) is 5.37. The molecule has 0 saturated heterocycles. The molecule has 5 nitrogen and oxygen atoms in total. The maximum absolute atomic E-state index is 13.2. The number of rotatable bonds is 4. The van der Waals surface area contributed by atoms with Crippen LogP contribution in [0.15, 0.2) is 48.5 Å². The molecule has 6 heteroatoms. The average Bonchev–Trinajstić information content (AvgIpc) is 3.02. The lowest BCUT2D eigenvalue weighted by Gasteiger charge is -2.05. The van der Waals surface area contributed by atoms with Gasteiger partial charge in [0.15, 0.2) is 0 Å². The highest BCUT2D eigenvalue weighted by Gasteiger charge is 2.10. The van der Waals surface area contributed by atoms with Gasteiger partial charge in [0.1, 0.15) is 11.5 Å². The standard InChI is InChI=1S/C18H16FN3O2/c1-20-17(23)12-4-2-11(3-5-12)10-21-18(24)16-9-13-8-14(19)6-7-15(13)22-16/h2-9,22H,10H2,1H3,(H,20,23)(H,21,24). The van der Waals surface area contributed by atoms with Crippen molar-refractivity contribution in [1.82, 2.24) is 15.6 Å². The molecular weight excluding hydrogens is 309 g/mol. The molecule has 0 bridgehead atoms. The van der Waals surface area contributed by atoms with Crippen LogP contribution in [0, 0.1) is 5.82 Å². The first-order valence-electron chi connectivity index (χ1n) is 7.44. The van der Waals surface area contributed by atoms with Crippen LogP contribution in [0.2, 0.25) is 0 Å². The van der Waals surface area contributed by atoms with Crippen molar-refractivity contribution >= 4 is 22.7 Å². The molecule has 3 rings (SSSR count). The van der Waals surface area contributed by atoms with Crippen molar-refractivity contribution in [2.24, 2.45) is 0 Å². The van der Waals surface area contributed by atoms with Crippen LogP contribution in [0.1, 0.15) is 26.4 Å². The van der Waals surface area contributed by atoms with E-state index in [1.807, 2.05) is 0 Å². The molecule has 0 unspecified atom stereocenters. The summed E-state index contributed by atoms with van der Waals surface area (Å²) in [6.45, 7) is 0.330. The van der Waals surface area contributed by atoms with Gasteiger partial charge < -0.3 is 15.6 Å². The Balaban J connectivity index is 1.67. The maximum atomic E-state index is 13.2.